The van der Waals surface area contributed by atoms with E-state index < -0.39 is 0 Å². The zero-order chi connectivity index (χ0) is 13.3. The summed E-state index contributed by atoms with van der Waals surface area (Å²) in [5.41, 5.74) is 1.78. The van der Waals surface area contributed by atoms with Crippen molar-refractivity contribution in [2.75, 3.05) is 19.0 Å². The van der Waals surface area contributed by atoms with E-state index in [1.54, 1.807) is 12.1 Å². The molecule has 0 radical (unpaired) electrons. The molecule has 1 aliphatic carbocycles. The van der Waals surface area contributed by atoms with Crippen molar-refractivity contribution in [2.24, 2.45) is 5.92 Å². The van der Waals surface area contributed by atoms with E-state index in [1.807, 2.05) is 20.0 Å². The van der Waals surface area contributed by atoms with Crippen LogP contribution in [0, 0.1) is 11.7 Å². The molecule has 3 heteroatoms. The molecule has 0 bridgehead atoms. The first-order valence-electron chi connectivity index (χ1n) is 6.74. The lowest BCUT2D eigenvalue weighted by Gasteiger charge is -2.30. The zero-order valence-electron chi connectivity index (χ0n) is 11.7. The SMILES string of the molecule is CNC(C)c1c(F)cccc1N(C)C(C)C1CC1. The molecule has 1 fully saturated rings. The molecule has 1 aromatic carbocycles. The van der Waals surface area contributed by atoms with Gasteiger partial charge in [0.25, 0.3) is 0 Å². The molecule has 0 saturated heterocycles. The highest BCUT2D eigenvalue weighted by molar-refractivity contribution is 5.56. The Morgan fingerprint density at radius 2 is 2.00 bits per heavy atom. The van der Waals surface area contributed by atoms with Crippen LogP contribution in [0.3, 0.4) is 0 Å². The molecular formula is C15H23FN2. The van der Waals surface area contributed by atoms with E-state index in [2.05, 4.69) is 24.2 Å². The average Bonchev–Trinajstić information content (AvgIpc) is 3.20. The normalized spacial score (nSPS) is 18.5. The van der Waals surface area contributed by atoms with Gasteiger partial charge < -0.3 is 10.2 Å². The van der Waals surface area contributed by atoms with Gasteiger partial charge >= 0.3 is 0 Å². The fourth-order valence-electron chi connectivity index (χ4n) is 2.52. The number of nitrogens with one attached hydrogen (secondary N) is 1. The van der Waals surface area contributed by atoms with Crippen molar-refractivity contribution < 1.29 is 4.39 Å². The third kappa shape index (κ3) is 2.51. The third-order valence-corrected chi connectivity index (χ3v) is 4.19. The summed E-state index contributed by atoms with van der Waals surface area (Å²) >= 11 is 0. The van der Waals surface area contributed by atoms with Gasteiger partial charge in [0.15, 0.2) is 0 Å². The van der Waals surface area contributed by atoms with Crippen molar-refractivity contribution in [1.82, 2.24) is 5.32 Å². The van der Waals surface area contributed by atoms with Gasteiger partial charge in [-0.15, -0.1) is 0 Å². The van der Waals surface area contributed by atoms with E-state index in [9.17, 15) is 4.39 Å². The first kappa shape index (κ1) is 13.3. The maximum absolute atomic E-state index is 14.1. The number of benzene rings is 1. The van der Waals surface area contributed by atoms with Gasteiger partial charge in [0.1, 0.15) is 5.82 Å². The van der Waals surface area contributed by atoms with Crippen LogP contribution in [-0.2, 0) is 0 Å². The quantitative estimate of drug-likeness (QED) is 0.862. The van der Waals surface area contributed by atoms with E-state index in [-0.39, 0.29) is 11.9 Å². The van der Waals surface area contributed by atoms with Gasteiger partial charge in [0.05, 0.1) is 0 Å². The van der Waals surface area contributed by atoms with Gasteiger partial charge in [-0.2, -0.15) is 0 Å². The lowest BCUT2D eigenvalue weighted by Crippen LogP contribution is -2.32. The average molecular weight is 250 g/mol. The molecule has 100 valence electrons. The number of hydrogen-bond acceptors (Lipinski definition) is 2. The monoisotopic (exact) mass is 250 g/mol. The van der Waals surface area contributed by atoms with Crippen LogP contribution < -0.4 is 10.2 Å². The molecule has 2 nitrogen and oxygen atoms in total. The van der Waals surface area contributed by atoms with Crippen molar-refractivity contribution in [3.63, 3.8) is 0 Å². The second-order valence-electron chi connectivity index (χ2n) is 5.37. The number of rotatable bonds is 5. The topological polar surface area (TPSA) is 15.3 Å². The summed E-state index contributed by atoms with van der Waals surface area (Å²) in [7, 11) is 3.94. The summed E-state index contributed by atoms with van der Waals surface area (Å²) in [5, 5.41) is 3.13. The maximum atomic E-state index is 14.1. The molecule has 0 amide bonds. The summed E-state index contributed by atoms with van der Waals surface area (Å²) in [6.07, 6.45) is 2.61. The molecule has 18 heavy (non-hydrogen) atoms. The highest BCUT2D eigenvalue weighted by Gasteiger charge is 2.32. The number of hydrogen-bond donors (Lipinski definition) is 1. The van der Waals surface area contributed by atoms with Crippen LogP contribution in [0.2, 0.25) is 0 Å². The fourth-order valence-corrected chi connectivity index (χ4v) is 2.52. The lowest BCUT2D eigenvalue weighted by molar-refractivity contribution is 0.551. The number of halogens is 1. The number of anilines is 1. The van der Waals surface area contributed by atoms with Gasteiger partial charge in [-0.1, -0.05) is 6.07 Å². The molecule has 2 rings (SSSR count). The Bertz CT molecular complexity index is 415. The predicted molar refractivity (Wildman–Crippen MR) is 74.5 cm³/mol. The van der Waals surface area contributed by atoms with E-state index in [0.717, 1.165) is 17.2 Å². The van der Waals surface area contributed by atoms with Gasteiger partial charge in [0.2, 0.25) is 0 Å². The van der Waals surface area contributed by atoms with E-state index in [4.69, 9.17) is 0 Å². The lowest BCUT2D eigenvalue weighted by atomic mass is 10.0. The summed E-state index contributed by atoms with van der Waals surface area (Å²) in [6, 6.07) is 5.87. The second-order valence-corrected chi connectivity index (χ2v) is 5.37. The molecule has 1 saturated carbocycles. The molecule has 0 aromatic heterocycles. The van der Waals surface area contributed by atoms with Crippen LogP contribution in [-0.4, -0.2) is 20.1 Å². The Morgan fingerprint density at radius 3 is 2.56 bits per heavy atom. The Labute approximate surface area is 109 Å². The number of nitrogens with zero attached hydrogens (tertiary/aromatic N) is 1. The molecular weight excluding hydrogens is 227 g/mol. The van der Waals surface area contributed by atoms with Crippen LogP contribution in [0.15, 0.2) is 18.2 Å². The fraction of sp³-hybridized carbons (Fsp3) is 0.600. The van der Waals surface area contributed by atoms with Crippen LogP contribution in [0.5, 0.6) is 0 Å². The van der Waals surface area contributed by atoms with Crippen LogP contribution in [0.1, 0.15) is 38.3 Å². The molecule has 0 heterocycles. The van der Waals surface area contributed by atoms with E-state index in [1.165, 1.54) is 12.8 Å². The van der Waals surface area contributed by atoms with Crippen LogP contribution >= 0.6 is 0 Å². The second kappa shape index (κ2) is 5.27. The van der Waals surface area contributed by atoms with E-state index >= 15 is 0 Å². The zero-order valence-corrected chi connectivity index (χ0v) is 11.7. The van der Waals surface area contributed by atoms with E-state index in [0.29, 0.717) is 6.04 Å². The summed E-state index contributed by atoms with van der Waals surface area (Å²) in [5.74, 6) is 0.653. The highest BCUT2D eigenvalue weighted by Crippen LogP contribution is 2.38. The molecule has 1 aliphatic rings. The van der Waals surface area contributed by atoms with Crippen molar-refractivity contribution >= 4 is 5.69 Å². The molecule has 2 atom stereocenters. The molecule has 2 unspecified atom stereocenters. The Hall–Kier alpha value is -1.09. The predicted octanol–water partition coefficient (Wildman–Crippen LogP) is 3.34. The summed E-state index contributed by atoms with van der Waals surface area (Å²) < 4.78 is 14.1. The molecule has 1 aromatic rings. The smallest absolute Gasteiger partial charge is 0.130 e. The van der Waals surface area contributed by atoms with Crippen molar-refractivity contribution in [2.45, 2.75) is 38.8 Å². The highest BCUT2D eigenvalue weighted by atomic mass is 19.1. The van der Waals surface area contributed by atoms with Gasteiger partial charge in [-0.25, -0.2) is 4.39 Å². The maximum Gasteiger partial charge on any atom is 0.130 e. The Balaban J connectivity index is 2.33. The first-order chi connectivity index (χ1) is 8.56. The largest absolute Gasteiger partial charge is 0.371 e. The summed E-state index contributed by atoms with van der Waals surface area (Å²) in [6.45, 7) is 4.23. The summed E-state index contributed by atoms with van der Waals surface area (Å²) in [4.78, 5) is 2.23. The van der Waals surface area contributed by atoms with Crippen LogP contribution in [0.4, 0.5) is 10.1 Å². The third-order valence-electron chi connectivity index (χ3n) is 4.19. The van der Waals surface area contributed by atoms with Crippen molar-refractivity contribution in [1.29, 1.82) is 0 Å². The Kier molecular flexibility index (Phi) is 3.91. The molecule has 0 aliphatic heterocycles. The minimum atomic E-state index is -0.121. The van der Waals surface area contributed by atoms with Gasteiger partial charge in [-0.3, -0.25) is 0 Å². The van der Waals surface area contributed by atoms with Gasteiger partial charge in [0, 0.05) is 30.4 Å². The first-order valence-corrected chi connectivity index (χ1v) is 6.74. The molecule has 1 N–H and O–H groups in total. The van der Waals surface area contributed by atoms with Crippen LogP contribution in [0.25, 0.3) is 0 Å². The van der Waals surface area contributed by atoms with Crippen molar-refractivity contribution in [3.8, 4) is 0 Å². The standard InChI is InChI=1S/C15H23FN2/c1-10(17-3)15-13(16)6-5-7-14(15)18(4)11(2)12-8-9-12/h5-7,10-12,17H,8-9H2,1-4H3. The van der Waals surface area contributed by atoms with Gasteiger partial charge in [-0.05, 0) is 51.8 Å². The minimum Gasteiger partial charge on any atom is -0.371 e. The minimum absolute atomic E-state index is 0.0232. The Morgan fingerprint density at radius 1 is 1.33 bits per heavy atom. The molecule has 0 spiro atoms. The van der Waals surface area contributed by atoms with Crippen molar-refractivity contribution in [3.05, 3.63) is 29.6 Å².